The standard InChI is InChI=1S/C13H17NS/c1-4-6-8-14-10-12-9-11(3)15-13(12)7-5-2/h5-10H,4H2,1-3H3/b7-5-,8-6+,14-10?. The lowest BCUT2D eigenvalue weighted by Crippen LogP contribution is -1.77. The predicted molar refractivity (Wildman–Crippen MR) is 70.8 cm³/mol. The van der Waals surface area contributed by atoms with E-state index in [1.54, 1.807) is 11.3 Å². The van der Waals surface area contributed by atoms with Crippen molar-refractivity contribution in [2.45, 2.75) is 27.2 Å². The van der Waals surface area contributed by atoms with E-state index in [1.165, 1.54) is 15.3 Å². The predicted octanol–water partition coefficient (Wildman–Crippen LogP) is 4.43. The normalized spacial score (nSPS) is 12.5. The van der Waals surface area contributed by atoms with Crippen LogP contribution in [0.25, 0.3) is 6.08 Å². The highest BCUT2D eigenvalue weighted by Crippen LogP contribution is 2.21. The summed E-state index contributed by atoms with van der Waals surface area (Å²) in [5, 5.41) is 0. The van der Waals surface area contributed by atoms with E-state index in [9.17, 15) is 0 Å². The average Bonchev–Trinajstić information content (AvgIpc) is 2.55. The zero-order chi connectivity index (χ0) is 11.1. The van der Waals surface area contributed by atoms with Gasteiger partial charge in [0.1, 0.15) is 0 Å². The molecule has 1 rings (SSSR count). The number of thiophene rings is 1. The molecule has 0 bridgehead atoms. The van der Waals surface area contributed by atoms with Crippen LogP contribution < -0.4 is 0 Å². The molecule has 0 aliphatic heterocycles. The first-order valence-electron chi connectivity index (χ1n) is 5.19. The summed E-state index contributed by atoms with van der Waals surface area (Å²) < 4.78 is 0. The molecule has 0 spiro atoms. The van der Waals surface area contributed by atoms with Crippen molar-refractivity contribution < 1.29 is 0 Å². The molecule has 0 radical (unpaired) electrons. The fourth-order valence-electron chi connectivity index (χ4n) is 1.22. The van der Waals surface area contributed by atoms with Gasteiger partial charge in [0.2, 0.25) is 0 Å². The fraction of sp³-hybridized carbons (Fsp3) is 0.308. The van der Waals surface area contributed by atoms with Crippen molar-refractivity contribution in [2.24, 2.45) is 4.99 Å². The molecule has 15 heavy (non-hydrogen) atoms. The van der Waals surface area contributed by atoms with E-state index in [0.717, 1.165) is 6.42 Å². The van der Waals surface area contributed by atoms with Crippen LogP contribution in [0.15, 0.2) is 29.4 Å². The minimum atomic E-state index is 1.03. The van der Waals surface area contributed by atoms with Gasteiger partial charge in [-0.3, -0.25) is 4.99 Å². The molecule has 1 aromatic rings. The number of allylic oxidation sites excluding steroid dienone is 2. The van der Waals surface area contributed by atoms with Gasteiger partial charge in [0.25, 0.3) is 0 Å². The number of hydrogen-bond acceptors (Lipinski definition) is 2. The Hall–Kier alpha value is -1.15. The Morgan fingerprint density at radius 1 is 1.47 bits per heavy atom. The number of hydrogen-bond donors (Lipinski definition) is 0. The van der Waals surface area contributed by atoms with Crippen molar-refractivity contribution in [2.75, 3.05) is 0 Å². The Bertz CT molecular complexity index is 383. The molecule has 0 saturated carbocycles. The summed E-state index contributed by atoms with van der Waals surface area (Å²) in [6, 6.07) is 2.17. The van der Waals surface area contributed by atoms with E-state index >= 15 is 0 Å². The molecule has 80 valence electrons. The largest absolute Gasteiger partial charge is 0.264 e. The van der Waals surface area contributed by atoms with Crippen LogP contribution in [0.4, 0.5) is 0 Å². The van der Waals surface area contributed by atoms with Crippen LogP contribution in [0.2, 0.25) is 0 Å². The highest BCUT2D eigenvalue weighted by atomic mass is 32.1. The molecule has 2 heteroatoms. The first kappa shape index (κ1) is 11.9. The Morgan fingerprint density at radius 2 is 2.27 bits per heavy atom. The molecular formula is C13H17NS. The molecule has 1 nitrogen and oxygen atoms in total. The van der Waals surface area contributed by atoms with Crippen molar-refractivity contribution >= 4 is 23.6 Å². The summed E-state index contributed by atoms with van der Waals surface area (Å²) in [6.45, 7) is 6.26. The van der Waals surface area contributed by atoms with Gasteiger partial charge in [0.05, 0.1) is 0 Å². The Labute approximate surface area is 95.9 Å². The maximum atomic E-state index is 4.25. The molecule has 0 aromatic carbocycles. The van der Waals surface area contributed by atoms with Gasteiger partial charge in [-0.25, -0.2) is 0 Å². The van der Waals surface area contributed by atoms with Gasteiger partial charge in [-0.05, 0) is 32.4 Å². The second-order valence-electron chi connectivity index (χ2n) is 3.25. The van der Waals surface area contributed by atoms with Gasteiger partial charge in [0.15, 0.2) is 0 Å². The van der Waals surface area contributed by atoms with Gasteiger partial charge in [-0.1, -0.05) is 19.1 Å². The molecular weight excluding hydrogens is 202 g/mol. The van der Waals surface area contributed by atoms with E-state index in [1.807, 2.05) is 25.4 Å². The fourth-order valence-corrected chi connectivity index (χ4v) is 2.19. The van der Waals surface area contributed by atoms with Crippen molar-refractivity contribution in [1.29, 1.82) is 0 Å². The summed E-state index contributed by atoms with van der Waals surface area (Å²) in [6.07, 6.45) is 11.0. The van der Waals surface area contributed by atoms with E-state index < -0.39 is 0 Å². The van der Waals surface area contributed by atoms with Crippen LogP contribution in [0.3, 0.4) is 0 Å². The van der Waals surface area contributed by atoms with Crippen LogP contribution in [0.5, 0.6) is 0 Å². The van der Waals surface area contributed by atoms with Crippen LogP contribution in [0.1, 0.15) is 35.6 Å². The summed E-state index contributed by atoms with van der Waals surface area (Å²) >= 11 is 1.80. The van der Waals surface area contributed by atoms with E-state index in [2.05, 4.69) is 37.1 Å². The van der Waals surface area contributed by atoms with Gasteiger partial charge >= 0.3 is 0 Å². The van der Waals surface area contributed by atoms with E-state index in [4.69, 9.17) is 0 Å². The van der Waals surface area contributed by atoms with Crippen molar-refractivity contribution in [1.82, 2.24) is 0 Å². The molecule has 1 aromatic heterocycles. The van der Waals surface area contributed by atoms with E-state index in [-0.39, 0.29) is 0 Å². The number of aliphatic imine (C=N–C) groups is 1. The van der Waals surface area contributed by atoms with Crippen LogP contribution in [-0.4, -0.2) is 6.21 Å². The Balaban J connectivity index is 2.83. The molecule has 0 atom stereocenters. The SMILES string of the molecule is C/C=C\c1sc(C)cc1C=N/C=C/CC. The minimum Gasteiger partial charge on any atom is -0.264 e. The van der Waals surface area contributed by atoms with Gasteiger partial charge in [0, 0.05) is 27.7 Å². The van der Waals surface area contributed by atoms with Crippen molar-refractivity contribution in [3.05, 3.63) is 39.7 Å². The Kier molecular flexibility index (Phi) is 5.05. The number of aryl methyl sites for hydroxylation is 1. The smallest absolute Gasteiger partial charge is 0.0357 e. The highest BCUT2D eigenvalue weighted by molar-refractivity contribution is 7.13. The zero-order valence-electron chi connectivity index (χ0n) is 9.53. The maximum Gasteiger partial charge on any atom is 0.0357 e. The summed E-state index contributed by atoms with van der Waals surface area (Å²) in [5.41, 5.74) is 1.20. The first-order chi connectivity index (χ1) is 7.27. The van der Waals surface area contributed by atoms with E-state index in [0.29, 0.717) is 0 Å². The lowest BCUT2D eigenvalue weighted by Gasteiger charge is -1.88. The lowest BCUT2D eigenvalue weighted by molar-refractivity contribution is 1.21. The molecule has 0 fully saturated rings. The van der Waals surface area contributed by atoms with Crippen LogP contribution in [0, 0.1) is 6.92 Å². The lowest BCUT2D eigenvalue weighted by atomic mass is 10.2. The molecule has 0 unspecified atom stereocenters. The molecule has 0 N–H and O–H groups in total. The number of nitrogens with zero attached hydrogens (tertiary/aromatic N) is 1. The molecule has 1 heterocycles. The van der Waals surface area contributed by atoms with Crippen molar-refractivity contribution in [3.8, 4) is 0 Å². The zero-order valence-corrected chi connectivity index (χ0v) is 10.3. The molecule has 0 saturated heterocycles. The summed E-state index contributed by atoms with van der Waals surface area (Å²) in [5.74, 6) is 0. The highest BCUT2D eigenvalue weighted by Gasteiger charge is 2.00. The third kappa shape index (κ3) is 3.84. The monoisotopic (exact) mass is 219 g/mol. The van der Waals surface area contributed by atoms with Gasteiger partial charge < -0.3 is 0 Å². The first-order valence-corrected chi connectivity index (χ1v) is 6.01. The van der Waals surface area contributed by atoms with Gasteiger partial charge in [-0.2, -0.15) is 0 Å². The average molecular weight is 219 g/mol. The second-order valence-corrected chi connectivity index (χ2v) is 4.54. The molecule has 0 aliphatic carbocycles. The number of rotatable bonds is 4. The third-order valence-electron chi connectivity index (χ3n) is 1.87. The molecule has 0 aliphatic rings. The Morgan fingerprint density at radius 3 is 2.93 bits per heavy atom. The third-order valence-corrected chi connectivity index (χ3v) is 2.90. The van der Waals surface area contributed by atoms with Crippen LogP contribution >= 0.6 is 11.3 Å². The topological polar surface area (TPSA) is 12.4 Å². The quantitative estimate of drug-likeness (QED) is 0.664. The summed E-state index contributed by atoms with van der Waals surface area (Å²) in [7, 11) is 0. The molecule has 0 amide bonds. The maximum absolute atomic E-state index is 4.25. The summed E-state index contributed by atoms with van der Waals surface area (Å²) in [4.78, 5) is 6.86. The van der Waals surface area contributed by atoms with Crippen molar-refractivity contribution in [3.63, 3.8) is 0 Å². The minimum absolute atomic E-state index is 1.03. The van der Waals surface area contributed by atoms with Gasteiger partial charge in [-0.15, -0.1) is 11.3 Å². The van der Waals surface area contributed by atoms with Crippen LogP contribution in [-0.2, 0) is 0 Å². The second kappa shape index (κ2) is 6.36.